The molecule has 2 aromatic carbocycles. The van der Waals surface area contributed by atoms with Gasteiger partial charge in [0.25, 0.3) is 11.2 Å². The average molecular weight is 439 g/mol. The highest BCUT2D eigenvalue weighted by molar-refractivity contribution is 5.78. The molecule has 1 amide bonds. The number of aromatic amines is 1. The number of carbonyl (C=O) groups is 1. The van der Waals surface area contributed by atoms with Gasteiger partial charge in [-0.15, -0.1) is 0 Å². The fourth-order valence-electron chi connectivity index (χ4n) is 3.22. The number of fused-ring (bicyclic) bond motifs is 1. The molecule has 0 spiro atoms. The zero-order chi connectivity index (χ0) is 22.9. The fourth-order valence-corrected chi connectivity index (χ4v) is 3.22. The molecule has 0 saturated carbocycles. The fraction of sp³-hybridized carbons (Fsp3) is 0.318. The molecule has 168 valence electrons. The van der Waals surface area contributed by atoms with Gasteiger partial charge in [0.2, 0.25) is 5.91 Å². The number of anilines is 1. The second-order valence-electron chi connectivity index (χ2n) is 7.17. The van der Waals surface area contributed by atoms with Gasteiger partial charge in [-0.3, -0.25) is 19.7 Å². The third-order valence-corrected chi connectivity index (χ3v) is 4.90. The summed E-state index contributed by atoms with van der Waals surface area (Å²) in [7, 11) is 1.56. The Kier molecular flexibility index (Phi) is 7.87. The summed E-state index contributed by atoms with van der Waals surface area (Å²) in [5, 5.41) is 14.4. The van der Waals surface area contributed by atoms with Gasteiger partial charge in [0, 0.05) is 44.4 Å². The molecule has 0 aliphatic rings. The lowest BCUT2D eigenvalue weighted by Gasteiger charge is -2.22. The Morgan fingerprint density at radius 3 is 2.69 bits per heavy atom. The molecule has 0 aliphatic heterocycles. The molecular weight excluding hydrogens is 414 g/mol. The topological polar surface area (TPSA) is 130 Å². The maximum Gasteiger partial charge on any atom is 0.269 e. The van der Waals surface area contributed by atoms with Crippen molar-refractivity contribution in [1.29, 1.82) is 0 Å². The molecule has 3 aromatic rings. The number of benzene rings is 2. The van der Waals surface area contributed by atoms with E-state index in [1.165, 1.54) is 12.1 Å². The van der Waals surface area contributed by atoms with Crippen LogP contribution in [0.4, 0.5) is 11.4 Å². The highest BCUT2D eigenvalue weighted by atomic mass is 16.6. The van der Waals surface area contributed by atoms with E-state index in [4.69, 9.17) is 4.74 Å². The van der Waals surface area contributed by atoms with Gasteiger partial charge >= 0.3 is 0 Å². The third-order valence-electron chi connectivity index (χ3n) is 4.90. The maximum absolute atomic E-state index is 12.8. The highest BCUT2D eigenvalue weighted by Crippen LogP contribution is 2.15. The molecule has 10 nitrogen and oxygen atoms in total. The second kappa shape index (κ2) is 11.0. The first-order valence-corrected chi connectivity index (χ1v) is 10.2. The summed E-state index contributed by atoms with van der Waals surface area (Å²) in [6, 6.07) is 13.2. The number of H-pyrrole nitrogens is 1. The predicted molar refractivity (Wildman–Crippen MR) is 120 cm³/mol. The van der Waals surface area contributed by atoms with Gasteiger partial charge in [-0.2, -0.15) is 0 Å². The number of para-hydroxylation sites is 1. The van der Waals surface area contributed by atoms with Gasteiger partial charge in [-0.1, -0.05) is 12.1 Å². The summed E-state index contributed by atoms with van der Waals surface area (Å²) in [5.41, 5.74) is 1.12. The van der Waals surface area contributed by atoms with Crippen LogP contribution in [0.1, 0.15) is 18.7 Å². The lowest BCUT2D eigenvalue weighted by atomic mass is 10.2. The zero-order valence-corrected chi connectivity index (χ0v) is 17.7. The number of rotatable bonds is 11. The van der Waals surface area contributed by atoms with E-state index in [0.29, 0.717) is 49.3 Å². The molecule has 0 bridgehead atoms. The first kappa shape index (κ1) is 22.9. The summed E-state index contributed by atoms with van der Waals surface area (Å²) < 4.78 is 5.12. The van der Waals surface area contributed by atoms with Crippen molar-refractivity contribution in [3.05, 3.63) is 74.8 Å². The van der Waals surface area contributed by atoms with Gasteiger partial charge in [-0.05, 0) is 30.7 Å². The number of carbonyl (C=O) groups excluding carboxylic acids is 1. The van der Waals surface area contributed by atoms with Crippen LogP contribution in [0.25, 0.3) is 10.9 Å². The van der Waals surface area contributed by atoms with Crippen molar-refractivity contribution < 1.29 is 14.5 Å². The van der Waals surface area contributed by atoms with E-state index in [1.54, 1.807) is 42.3 Å². The Morgan fingerprint density at radius 1 is 1.22 bits per heavy atom. The number of nitro groups is 1. The molecule has 1 aromatic heterocycles. The zero-order valence-electron chi connectivity index (χ0n) is 17.7. The first-order valence-electron chi connectivity index (χ1n) is 10.2. The van der Waals surface area contributed by atoms with Crippen molar-refractivity contribution in [3.63, 3.8) is 0 Å². The number of aromatic nitrogens is 2. The minimum absolute atomic E-state index is 0.0276. The predicted octanol–water partition coefficient (Wildman–Crippen LogP) is 2.70. The SMILES string of the molecule is COCCN(Cc1nc2ccccc2c(=O)[nH]1)C(=O)CCCNc1ccc([N+](=O)[O-])cc1. The van der Waals surface area contributed by atoms with Crippen LogP contribution in [0, 0.1) is 10.1 Å². The molecule has 0 unspecified atom stereocenters. The summed E-state index contributed by atoms with van der Waals surface area (Å²) in [4.78, 5) is 44.2. The van der Waals surface area contributed by atoms with Gasteiger partial charge in [0.05, 0.1) is 29.0 Å². The molecule has 0 atom stereocenters. The van der Waals surface area contributed by atoms with Crippen LogP contribution in [0.15, 0.2) is 53.3 Å². The van der Waals surface area contributed by atoms with Crippen LogP contribution in [-0.2, 0) is 16.1 Å². The summed E-state index contributed by atoms with van der Waals surface area (Å²) >= 11 is 0. The lowest BCUT2D eigenvalue weighted by Crippen LogP contribution is -2.34. The Hall–Kier alpha value is -3.79. The van der Waals surface area contributed by atoms with E-state index in [-0.39, 0.29) is 23.7 Å². The Bertz CT molecular complexity index is 1130. The molecule has 0 radical (unpaired) electrons. The monoisotopic (exact) mass is 439 g/mol. The second-order valence-corrected chi connectivity index (χ2v) is 7.17. The molecule has 1 heterocycles. The number of methoxy groups -OCH3 is 1. The van der Waals surface area contributed by atoms with Crippen molar-refractivity contribution in [2.45, 2.75) is 19.4 Å². The van der Waals surface area contributed by atoms with E-state index >= 15 is 0 Å². The van der Waals surface area contributed by atoms with E-state index in [1.807, 2.05) is 6.07 Å². The number of nitrogens with zero attached hydrogens (tertiary/aromatic N) is 3. The molecular formula is C22H25N5O5. The first-order chi connectivity index (χ1) is 15.5. The van der Waals surface area contributed by atoms with Crippen LogP contribution in [0.2, 0.25) is 0 Å². The van der Waals surface area contributed by atoms with Crippen molar-refractivity contribution >= 4 is 28.2 Å². The largest absolute Gasteiger partial charge is 0.385 e. The quantitative estimate of drug-likeness (QED) is 0.267. The van der Waals surface area contributed by atoms with E-state index in [2.05, 4.69) is 15.3 Å². The number of nitrogens with one attached hydrogen (secondary N) is 2. The molecule has 10 heteroatoms. The molecule has 3 rings (SSSR count). The highest BCUT2D eigenvalue weighted by Gasteiger charge is 2.16. The molecule has 2 N–H and O–H groups in total. The summed E-state index contributed by atoms with van der Waals surface area (Å²) in [6.07, 6.45) is 0.864. The van der Waals surface area contributed by atoms with Crippen LogP contribution >= 0.6 is 0 Å². The minimum Gasteiger partial charge on any atom is -0.385 e. The molecule has 32 heavy (non-hydrogen) atoms. The molecule has 0 aliphatic carbocycles. The number of ether oxygens (including phenoxy) is 1. The van der Waals surface area contributed by atoms with Crippen LogP contribution in [-0.4, -0.2) is 52.5 Å². The smallest absolute Gasteiger partial charge is 0.269 e. The summed E-state index contributed by atoms with van der Waals surface area (Å²) in [5.74, 6) is 0.338. The van der Waals surface area contributed by atoms with E-state index in [9.17, 15) is 19.7 Å². The standard InChI is InChI=1S/C22H25N5O5/c1-32-14-13-26(15-20-24-19-6-3-2-5-18(19)22(29)25-20)21(28)7-4-12-23-16-8-10-17(11-9-16)27(30)31/h2-3,5-6,8-11,23H,4,7,12-15H2,1H3,(H,24,25,29). The maximum atomic E-state index is 12.8. The number of hydrogen-bond donors (Lipinski definition) is 2. The number of nitro benzene ring substituents is 1. The van der Waals surface area contributed by atoms with Gasteiger partial charge in [0.1, 0.15) is 5.82 Å². The van der Waals surface area contributed by atoms with Crippen molar-refractivity contribution in [2.75, 3.05) is 32.1 Å². The summed E-state index contributed by atoms with van der Waals surface area (Å²) in [6.45, 7) is 1.46. The molecule has 0 saturated heterocycles. The normalized spacial score (nSPS) is 10.8. The van der Waals surface area contributed by atoms with Gasteiger partial charge < -0.3 is 19.9 Å². The molecule has 0 fully saturated rings. The number of non-ortho nitro benzene ring substituents is 1. The van der Waals surface area contributed by atoms with Crippen molar-refractivity contribution in [2.24, 2.45) is 0 Å². The Labute approximate surface area is 184 Å². The third kappa shape index (κ3) is 6.11. The van der Waals surface area contributed by atoms with Crippen molar-refractivity contribution in [1.82, 2.24) is 14.9 Å². The van der Waals surface area contributed by atoms with E-state index < -0.39 is 4.92 Å². The van der Waals surface area contributed by atoms with Gasteiger partial charge in [0.15, 0.2) is 0 Å². The van der Waals surface area contributed by atoms with Crippen LogP contribution < -0.4 is 10.9 Å². The van der Waals surface area contributed by atoms with Crippen molar-refractivity contribution in [3.8, 4) is 0 Å². The lowest BCUT2D eigenvalue weighted by molar-refractivity contribution is -0.384. The van der Waals surface area contributed by atoms with E-state index in [0.717, 1.165) is 5.69 Å². The Balaban J connectivity index is 1.57. The number of amides is 1. The van der Waals surface area contributed by atoms with Crippen LogP contribution in [0.5, 0.6) is 0 Å². The number of hydrogen-bond acceptors (Lipinski definition) is 7. The Morgan fingerprint density at radius 2 is 1.97 bits per heavy atom. The van der Waals surface area contributed by atoms with Gasteiger partial charge in [-0.25, -0.2) is 4.98 Å². The average Bonchev–Trinajstić information content (AvgIpc) is 2.79. The van der Waals surface area contributed by atoms with Crippen LogP contribution in [0.3, 0.4) is 0 Å². The minimum atomic E-state index is -0.450.